The summed E-state index contributed by atoms with van der Waals surface area (Å²) in [5.41, 5.74) is 7.85. The molecular weight excluding hydrogens is 244 g/mol. The molecule has 2 aliphatic rings. The summed E-state index contributed by atoms with van der Waals surface area (Å²) in [5, 5.41) is 0. The highest BCUT2D eigenvalue weighted by molar-refractivity contribution is 5.19. The molecule has 110 valence electrons. The Bertz CT molecular complexity index is 412. The Hall–Kier alpha value is -0.860. The minimum Gasteiger partial charge on any atom is -0.329 e. The van der Waals surface area contributed by atoms with Gasteiger partial charge in [-0.3, -0.25) is 4.90 Å². The van der Waals surface area contributed by atoms with Gasteiger partial charge in [-0.25, -0.2) is 0 Å². The monoisotopic (exact) mass is 272 g/mol. The van der Waals surface area contributed by atoms with Crippen molar-refractivity contribution in [1.82, 2.24) is 4.90 Å². The molecule has 2 nitrogen and oxygen atoms in total. The average molecular weight is 272 g/mol. The Morgan fingerprint density at radius 2 is 1.80 bits per heavy atom. The van der Waals surface area contributed by atoms with Crippen LogP contribution >= 0.6 is 0 Å². The molecule has 0 bridgehead atoms. The van der Waals surface area contributed by atoms with E-state index in [4.69, 9.17) is 5.73 Å². The average Bonchev–Trinajstić information content (AvgIpc) is 3.07. The molecule has 2 N–H and O–H groups in total. The Morgan fingerprint density at radius 1 is 1.15 bits per heavy atom. The topological polar surface area (TPSA) is 29.3 Å². The molecule has 1 saturated heterocycles. The maximum atomic E-state index is 6.25. The van der Waals surface area contributed by atoms with Crippen LogP contribution in [-0.4, -0.2) is 30.1 Å². The van der Waals surface area contributed by atoms with Crippen molar-refractivity contribution in [3.8, 4) is 0 Å². The van der Waals surface area contributed by atoms with E-state index in [1.54, 1.807) is 0 Å². The first-order chi connectivity index (χ1) is 9.77. The zero-order valence-electron chi connectivity index (χ0n) is 12.7. The second kappa shape index (κ2) is 5.87. The van der Waals surface area contributed by atoms with Crippen LogP contribution in [-0.2, 0) is 6.42 Å². The van der Waals surface area contributed by atoms with E-state index in [1.165, 1.54) is 37.9 Å². The lowest BCUT2D eigenvalue weighted by atomic mass is 9.86. The Balaban J connectivity index is 1.77. The van der Waals surface area contributed by atoms with Crippen molar-refractivity contribution < 1.29 is 0 Å². The van der Waals surface area contributed by atoms with Gasteiger partial charge < -0.3 is 5.73 Å². The molecule has 1 heterocycles. The number of nitrogens with zero attached hydrogens (tertiary/aromatic N) is 1. The van der Waals surface area contributed by atoms with E-state index in [-0.39, 0.29) is 5.54 Å². The maximum Gasteiger partial charge on any atom is 0.0369 e. The van der Waals surface area contributed by atoms with Gasteiger partial charge in [-0.2, -0.15) is 0 Å². The first kappa shape index (κ1) is 14.1. The van der Waals surface area contributed by atoms with Gasteiger partial charge in [0.05, 0.1) is 0 Å². The normalized spacial score (nSPS) is 29.3. The molecule has 0 aromatic heterocycles. The second-order valence-corrected chi connectivity index (χ2v) is 6.80. The quantitative estimate of drug-likeness (QED) is 0.892. The fourth-order valence-corrected chi connectivity index (χ4v) is 4.40. The maximum absolute atomic E-state index is 6.25. The third kappa shape index (κ3) is 2.51. The van der Waals surface area contributed by atoms with E-state index < -0.39 is 0 Å². The van der Waals surface area contributed by atoms with Crippen LogP contribution in [0.15, 0.2) is 30.3 Å². The smallest absolute Gasteiger partial charge is 0.0369 e. The first-order valence-corrected chi connectivity index (χ1v) is 8.26. The second-order valence-electron chi connectivity index (χ2n) is 6.80. The van der Waals surface area contributed by atoms with Crippen LogP contribution in [0.1, 0.15) is 38.2 Å². The molecular formula is C18H28N2. The molecule has 2 heteroatoms. The van der Waals surface area contributed by atoms with Gasteiger partial charge in [-0.15, -0.1) is 0 Å². The molecule has 1 saturated carbocycles. The van der Waals surface area contributed by atoms with Crippen molar-refractivity contribution in [2.24, 2.45) is 17.6 Å². The zero-order valence-corrected chi connectivity index (χ0v) is 12.7. The van der Waals surface area contributed by atoms with E-state index in [1.807, 2.05) is 0 Å². The molecule has 1 aliphatic heterocycles. The van der Waals surface area contributed by atoms with E-state index in [2.05, 4.69) is 42.2 Å². The van der Waals surface area contributed by atoms with Crippen LogP contribution in [0.3, 0.4) is 0 Å². The van der Waals surface area contributed by atoms with Gasteiger partial charge in [0.1, 0.15) is 0 Å². The van der Waals surface area contributed by atoms with Crippen molar-refractivity contribution in [2.75, 3.05) is 19.6 Å². The fourth-order valence-electron chi connectivity index (χ4n) is 4.40. The van der Waals surface area contributed by atoms with Crippen molar-refractivity contribution in [3.63, 3.8) is 0 Å². The number of rotatable bonds is 5. The SMILES string of the molecule is CCC(CN)(Cc1ccccc1)N1CC2CCCC2C1. The van der Waals surface area contributed by atoms with Gasteiger partial charge in [0.2, 0.25) is 0 Å². The molecule has 3 unspecified atom stereocenters. The summed E-state index contributed by atoms with van der Waals surface area (Å²) in [6.07, 6.45) is 6.58. The van der Waals surface area contributed by atoms with Gasteiger partial charge in [0.15, 0.2) is 0 Å². The number of nitrogens with two attached hydrogens (primary N) is 1. The lowest BCUT2D eigenvalue weighted by Crippen LogP contribution is -2.54. The standard InChI is InChI=1S/C18H28N2/c1-2-18(14-19,11-15-7-4-3-5-8-15)20-12-16-9-6-10-17(16)13-20/h3-5,7-8,16-17H,2,6,9-14,19H2,1H3. The van der Waals surface area contributed by atoms with Gasteiger partial charge in [-0.05, 0) is 43.1 Å². The van der Waals surface area contributed by atoms with Crippen LogP contribution < -0.4 is 5.73 Å². The summed E-state index contributed by atoms with van der Waals surface area (Å²) in [5.74, 6) is 1.89. The molecule has 0 amide bonds. The van der Waals surface area contributed by atoms with Crippen molar-refractivity contribution in [1.29, 1.82) is 0 Å². The predicted octanol–water partition coefficient (Wildman–Crippen LogP) is 3.07. The third-order valence-electron chi connectivity index (χ3n) is 5.81. The molecule has 20 heavy (non-hydrogen) atoms. The van der Waals surface area contributed by atoms with Gasteiger partial charge >= 0.3 is 0 Å². The van der Waals surface area contributed by atoms with E-state index in [0.29, 0.717) is 0 Å². The van der Waals surface area contributed by atoms with E-state index >= 15 is 0 Å². The van der Waals surface area contributed by atoms with E-state index in [0.717, 1.165) is 31.2 Å². The summed E-state index contributed by atoms with van der Waals surface area (Å²) in [7, 11) is 0. The Labute approximate surface area is 123 Å². The molecule has 1 aromatic rings. The summed E-state index contributed by atoms with van der Waals surface area (Å²) in [6, 6.07) is 10.9. The lowest BCUT2D eigenvalue weighted by molar-refractivity contribution is 0.108. The van der Waals surface area contributed by atoms with E-state index in [9.17, 15) is 0 Å². The largest absolute Gasteiger partial charge is 0.329 e. The lowest BCUT2D eigenvalue weighted by Gasteiger charge is -2.41. The number of likely N-dealkylation sites (tertiary alicyclic amines) is 1. The minimum absolute atomic E-state index is 0.172. The highest BCUT2D eigenvalue weighted by atomic mass is 15.2. The van der Waals surface area contributed by atoms with Crippen molar-refractivity contribution in [3.05, 3.63) is 35.9 Å². The van der Waals surface area contributed by atoms with Crippen LogP contribution in [0, 0.1) is 11.8 Å². The molecule has 0 spiro atoms. The fraction of sp³-hybridized carbons (Fsp3) is 0.667. The number of hydrogen-bond donors (Lipinski definition) is 1. The highest BCUT2D eigenvalue weighted by Crippen LogP contribution is 2.41. The summed E-state index contributed by atoms with van der Waals surface area (Å²) < 4.78 is 0. The molecule has 3 atom stereocenters. The number of hydrogen-bond acceptors (Lipinski definition) is 2. The van der Waals surface area contributed by atoms with Gasteiger partial charge in [0, 0.05) is 25.2 Å². The van der Waals surface area contributed by atoms with Gasteiger partial charge in [0.25, 0.3) is 0 Å². The first-order valence-electron chi connectivity index (χ1n) is 8.26. The predicted molar refractivity (Wildman–Crippen MR) is 84.6 cm³/mol. The van der Waals surface area contributed by atoms with Crippen LogP contribution in [0.4, 0.5) is 0 Å². The van der Waals surface area contributed by atoms with Crippen molar-refractivity contribution >= 4 is 0 Å². The minimum atomic E-state index is 0.172. The highest BCUT2D eigenvalue weighted by Gasteiger charge is 2.44. The van der Waals surface area contributed by atoms with Crippen LogP contribution in [0.2, 0.25) is 0 Å². The Morgan fingerprint density at radius 3 is 2.35 bits per heavy atom. The molecule has 1 aliphatic carbocycles. The summed E-state index contributed by atoms with van der Waals surface area (Å²) in [6.45, 7) is 5.65. The zero-order chi connectivity index (χ0) is 14.0. The Kier molecular flexibility index (Phi) is 4.13. The summed E-state index contributed by atoms with van der Waals surface area (Å²) in [4.78, 5) is 2.73. The molecule has 2 fully saturated rings. The molecule has 0 radical (unpaired) electrons. The number of benzene rings is 1. The summed E-state index contributed by atoms with van der Waals surface area (Å²) >= 11 is 0. The van der Waals surface area contributed by atoms with Crippen LogP contribution in [0.5, 0.6) is 0 Å². The van der Waals surface area contributed by atoms with Crippen LogP contribution in [0.25, 0.3) is 0 Å². The molecule has 3 rings (SSSR count). The third-order valence-corrected chi connectivity index (χ3v) is 5.81. The van der Waals surface area contributed by atoms with Gasteiger partial charge in [-0.1, -0.05) is 43.7 Å². The van der Waals surface area contributed by atoms with Crippen molar-refractivity contribution in [2.45, 2.75) is 44.6 Å². The molecule has 1 aromatic carbocycles. The number of fused-ring (bicyclic) bond motifs is 1.